The highest BCUT2D eigenvalue weighted by Crippen LogP contribution is 2.22. The molecule has 16 heavy (non-hydrogen) atoms. The van der Waals surface area contributed by atoms with Crippen LogP contribution in [0.25, 0.3) is 23.0 Å². The average Bonchev–Trinajstić information content (AvgIpc) is 3.01. The van der Waals surface area contributed by atoms with Crippen LogP contribution in [0.1, 0.15) is 0 Å². The zero-order valence-electron chi connectivity index (χ0n) is 8.07. The third-order valence-corrected chi connectivity index (χ3v) is 2.67. The first-order valence-corrected chi connectivity index (χ1v) is 5.50. The van der Waals surface area contributed by atoms with E-state index in [2.05, 4.69) is 20.1 Å². The molecule has 5 nitrogen and oxygen atoms in total. The van der Waals surface area contributed by atoms with Gasteiger partial charge < -0.3 is 4.52 Å². The quantitative estimate of drug-likeness (QED) is 0.675. The first kappa shape index (κ1) is 9.17. The number of hydrogen-bond donors (Lipinski definition) is 0. The fraction of sp³-hybridized carbons (Fsp3) is 0. The van der Waals surface area contributed by atoms with Crippen LogP contribution in [0.3, 0.4) is 0 Å². The van der Waals surface area contributed by atoms with E-state index < -0.39 is 0 Å². The molecule has 0 aliphatic carbocycles. The summed E-state index contributed by atoms with van der Waals surface area (Å²) in [6.07, 6.45) is 4.79. The minimum Gasteiger partial charge on any atom is -0.334 e. The third-order valence-electron chi connectivity index (χ3n) is 1.99. The van der Waals surface area contributed by atoms with Gasteiger partial charge in [-0.1, -0.05) is 5.16 Å². The molecular weight excluding hydrogens is 224 g/mol. The van der Waals surface area contributed by atoms with Crippen molar-refractivity contribution < 1.29 is 4.52 Å². The summed E-state index contributed by atoms with van der Waals surface area (Å²) in [6.45, 7) is 0. The second kappa shape index (κ2) is 3.82. The van der Waals surface area contributed by atoms with E-state index >= 15 is 0 Å². The summed E-state index contributed by atoms with van der Waals surface area (Å²) in [5.41, 5.74) is 1.53. The molecule has 0 bridgehead atoms. The van der Waals surface area contributed by atoms with Crippen molar-refractivity contribution in [1.82, 2.24) is 20.1 Å². The number of rotatable bonds is 2. The van der Waals surface area contributed by atoms with Crippen LogP contribution in [0.5, 0.6) is 0 Å². The largest absolute Gasteiger partial charge is 0.334 e. The van der Waals surface area contributed by atoms with E-state index in [1.54, 1.807) is 29.9 Å². The SMILES string of the molecule is c1cnc(-c2noc(-c3ccsc3)n2)cn1. The van der Waals surface area contributed by atoms with Gasteiger partial charge in [-0.05, 0) is 11.4 Å². The Labute approximate surface area is 94.8 Å². The molecule has 0 saturated carbocycles. The van der Waals surface area contributed by atoms with Crippen molar-refractivity contribution in [1.29, 1.82) is 0 Å². The van der Waals surface area contributed by atoms with Gasteiger partial charge in [-0.2, -0.15) is 16.3 Å². The summed E-state index contributed by atoms with van der Waals surface area (Å²) in [4.78, 5) is 12.3. The van der Waals surface area contributed by atoms with Crippen LogP contribution in [-0.2, 0) is 0 Å². The Morgan fingerprint density at radius 2 is 2.25 bits per heavy atom. The predicted molar refractivity (Wildman–Crippen MR) is 58.6 cm³/mol. The molecule has 78 valence electrons. The summed E-state index contributed by atoms with van der Waals surface area (Å²) in [6, 6.07) is 1.93. The van der Waals surface area contributed by atoms with E-state index in [1.165, 1.54) is 0 Å². The maximum Gasteiger partial charge on any atom is 0.259 e. The van der Waals surface area contributed by atoms with Crippen molar-refractivity contribution in [3.63, 3.8) is 0 Å². The van der Waals surface area contributed by atoms with Gasteiger partial charge >= 0.3 is 0 Å². The first-order chi connectivity index (χ1) is 7.93. The molecule has 3 rings (SSSR count). The fourth-order valence-corrected chi connectivity index (χ4v) is 1.88. The van der Waals surface area contributed by atoms with E-state index in [4.69, 9.17) is 4.52 Å². The molecular formula is C10H6N4OS. The van der Waals surface area contributed by atoms with Gasteiger partial charge in [0, 0.05) is 17.8 Å². The molecule has 0 atom stereocenters. The average molecular weight is 230 g/mol. The number of thiophene rings is 1. The molecule has 0 aliphatic heterocycles. The van der Waals surface area contributed by atoms with Crippen molar-refractivity contribution in [2.75, 3.05) is 0 Å². The molecule has 0 amide bonds. The molecule has 0 saturated heterocycles. The number of hydrogen-bond acceptors (Lipinski definition) is 6. The maximum atomic E-state index is 5.14. The Bertz CT molecular complexity index is 576. The molecule has 6 heteroatoms. The Kier molecular flexibility index (Phi) is 2.19. The topological polar surface area (TPSA) is 64.7 Å². The van der Waals surface area contributed by atoms with Gasteiger partial charge in [0.2, 0.25) is 5.82 Å². The molecule has 0 unspecified atom stereocenters. The third kappa shape index (κ3) is 1.59. The van der Waals surface area contributed by atoms with Gasteiger partial charge in [-0.15, -0.1) is 0 Å². The van der Waals surface area contributed by atoms with E-state index in [9.17, 15) is 0 Å². The lowest BCUT2D eigenvalue weighted by Crippen LogP contribution is -1.85. The summed E-state index contributed by atoms with van der Waals surface area (Å²) >= 11 is 1.58. The zero-order chi connectivity index (χ0) is 10.8. The Hall–Kier alpha value is -2.08. The Morgan fingerprint density at radius 1 is 1.25 bits per heavy atom. The maximum absolute atomic E-state index is 5.14. The molecule has 3 aromatic rings. The van der Waals surface area contributed by atoms with Gasteiger partial charge in [0.25, 0.3) is 5.89 Å². The molecule has 0 spiro atoms. The van der Waals surface area contributed by atoms with E-state index in [0.29, 0.717) is 17.4 Å². The van der Waals surface area contributed by atoms with Gasteiger partial charge in [0.15, 0.2) is 0 Å². The van der Waals surface area contributed by atoms with Crippen LogP contribution in [0.4, 0.5) is 0 Å². The zero-order valence-corrected chi connectivity index (χ0v) is 8.89. The van der Waals surface area contributed by atoms with Crippen molar-refractivity contribution in [3.8, 4) is 23.0 Å². The fourth-order valence-electron chi connectivity index (χ4n) is 1.25. The highest BCUT2D eigenvalue weighted by molar-refractivity contribution is 7.08. The van der Waals surface area contributed by atoms with Gasteiger partial charge in [0.05, 0.1) is 11.8 Å². The van der Waals surface area contributed by atoms with Crippen LogP contribution in [0.2, 0.25) is 0 Å². The predicted octanol–water partition coefficient (Wildman–Crippen LogP) is 2.26. The molecule has 0 aliphatic rings. The molecule has 0 N–H and O–H groups in total. The second-order valence-electron chi connectivity index (χ2n) is 3.03. The van der Waals surface area contributed by atoms with Crippen molar-refractivity contribution in [2.45, 2.75) is 0 Å². The minimum atomic E-state index is 0.453. The Morgan fingerprint density at radius 3 is 3.00 bits per heavy atom. The van der Waals surface area contributed by atoms with Crippen LogP contribution in [0, 0.1) is 0 Å². The van der Waals surface area contributed by atoms with Crippen molar-refractivity contribution in [3.05, 3.63) is 35.4 Å². The highest BCUT2D eigenvalue weighted by atomic mass is 32.1. The van der Waals surface area contributed by atoms with Crippen molar-refractivity contribution in [2.24, 2.45) is 0 Å². The molecule has 0 aromatic carbocycles. The second-order valence-corrected chi connectivity index (χ2v) is 3.81. The van der Waals surface area contributed by atoms with E-state index in [0.717, 1.165) is 5.56 Å². The normalized spacial score (nSPS) is 10.5. The Balaban J connectivity index is 2.00. The van der Waals surface area contributed by atoms with Crippen molar-refractivity contribution >= 4 is 11.3 Å². The standard InChI is InChI=1S/C10H6N4OS/c1-4-16-6-7(1)10-13-9(14-15-10)8-5-11-2-3-12-8/h1-6H. The first-order valence-electron chi connectivity index (χ1n) is 4.56. The molecule has 3 aromatic heterocycles. The van der Waals surface area contributed by atoms with Gasteiger partial charge in [-0.25, -0.2) is 4.98 Å². The lowest BCUT2D eigenvalue weighted by atomic mass is 10.3. The number of aromatic nitrogens is 4. The lowest BCUT2D eigenvalue weighted by molar-refractivity contribution is 0.432. The minimum absolute atomic E-state index is 0.453. The van der Waals surface area contributed by atoms with E-state index in [-0.39, 0.29) is 0 Å². The summed E-state index contributed by atoms with van der Waals surface area (Å²) in [5, 5.41) is 7.77. The van der Waals surface area contributed by atoms with Crippen LogP contribution >= 0.6 is 11.3 Å². The summed E-state index contributed by atoms with van der Waals surface area (Å²) in [5.74, 6) is 0.955. The van der Waals surface area contributed by atoms with Crippen LogP contribution in [0.15, 0.2) is 39.9 Å². The van der Waals surface area contributed by atoms with Crippen LogP contribution < -0.4 is 0 Å². The number of nitrogens with zero attached hydrogens (tertiary/aromatic N) is 4. The summed E-state index contributed by atoms with van der Waals surface area (Å²) < 4.78 is 5.14. The monoisotopic (exact) mass is 230 g/mol. The van der Waals surface area contributed by atoms with Gasteiger partial charge in [0.1, 0.15) is 5.69 Å². The summed E-state index contributed by atoms with van der Waals surface area (Å²) in [7, 11) is 0. The lowest BCUT2D eigenvalue weighted by Gasteiger charge is -1.88. The molecule has 0 fully saturated rings. The molecule has 3 heterocycles. The van der Waals surface area contributed by atoms with Crippen LogP contribution in [-0.4, -0.2) is 20.1 Å². The van der Waals surface area contributed by atoms with Gasteiger partial charge in [-0.3, -0.25) is 4.98 Å². The van der Waals surface area contributed by atoms with E-state index in [1.807, 2.05) is 16.8 Å². The highest BCUT2D eigenvalue weighted by Gasteiger charge is 2.11. The molecule has 0 radical (unpaired) electrons. The smallest absolute Gasteiger partial charge is 0.259 e.